The van der Waals surface area contributed by atoms with Crippen molar-refractivity contribution in [3.05, 3.63) is 103 Å². The van der Waals surface area contributed by atoms with Gasteiger partial charge in [0.15, 0.2) is 0 Å². The lowest BCUT2D eigenvalue weighted by molar-refractivity contribution is -0.129. The number of amides is 2. The van der Waals surface area contributed by atoms with Crippen LogP contribution in [0.5, 0.6) is 5.75 Å². The molecule has 0 radical (unpaired) electrons. The third-order valence-electron chi connectivity index (χ3n) is 5.43. The monoisotopic (exact) mass is 504 g/mol. The van der Waals surface area contributed by atoms with Crippen molar-refractivity contribution in [2.45, 2.75) is 58.3 Å². The third kappa shape index (κ3) is 16.7. The summed E-state index contributed by atoms with van der Waals surface area (Å²) in [7, 11) is 1.73. The molecular weight excluding hydrogens is 460 g/mol. The molecule has 2 N–H and O–H groups in total. The normalized spacial score (nSPS) is 12.3. The second-order valence-corrected chi connectivity index (χ2v) is 8.54. The molecule has 0 aromatic heterocycles. The first-order valence-corrected chi connectivity index (χ1v) is 13.3. The van der Waals surface area contributed by atoms with Crippen molar-refractivity contribution in [2.24, 2.45) is 0 Å². The topological polar surface area (TPSA) is 69.6 Å². The molecule has 0 saturated carbocycles. The van der Waals surface area contributed by atoms with E-state index in [1.807, 2.05) is 6.08 Å². The van der Waals surface area contributed by atoms with Crippen LogP contribution in [0.4, 0.5) is 0 Å². The molecule has 1 aromatic rings. The van der Waals surface area contributed by atoms with Crippen LogP contribution < -0.4 is 5.32 Å². The van der Waals surface area contributed by atoms with E-state index in [1.165, 1.54) is 6.07 Å². The van der Waals surface area contributed by atoms with Crippen LogP contribution >= 0.6 is 0 Å². The van der Waals surface area contributed by atoms with E-state index in [2.05, 4.69) is 79.1 Å². The highest BCUT2D eigenvalue weighted by Crippen LogP contribution is 2.14. The Morgan fingerprint density at radius 1 is 0.784 bits per heavy atom. The largest absolute Gasteiger partial charge is 0.507 e. The summed E-state index contributed by atoms with van der Waals surface area (Å²) < 4.78 is 0. The summed E-state index contributed by atoms with van der Waals surface area (Å²) >= 11 is 0. The van der Waals surface area contributed by atoms with Gasteiger partial charge in [-0.05, 0) is 57.1 Å². The molecule has 37 heavy (non-hydrogen) atoms. The standard InChI is InChI=1S/C32H44N2O3/c1-3-4-5-6-7-8-9-10-11-12-13-14-15-16-17-18-19-20-21-26-31(36)34(2)28-27-33-32(37)29-24-22-23-25-30(29)35/h4-5,7-8,10-11,13-14,16-17,19-20,22-25,35H,3,6,9,12,15,18,21,26-28H2,1-2H3,(H,33,37)/b5-4-,8-7-,11-10-,14-13-,17-16-,20-19-. The highest BCUT2D eigenvalue weighted by molar-refractivity contribution is 5.96. The lowest BCUT2D eigenvalue weighted by Crippen LogP contribution is -2.36. The molecule has 5 nitrogen and oxygen atoms in total. The second kappa shape index (κ2) is 21.7. The van der Waals surface area contributed by atoms with Crippen molar-refractivity contribution >= 4 is 11.8 Å². The molecule has 0 aliphatic heterocycles. The fourth-order valence-electron chi connectivity index (χ4n) is 3.26. The number of phenols is 1. The summed E-state index contributed by atoms with van der Waals surface area (Å²) in [6, 6.07) is 6.39. The van der Waals surface area contributed by atoms with E-state index in [0.29, 0.717) is 25.9 Å². The van der Waals surface area contributed by atoms with Crippen molar-refractivity contribution in [3.63, 3.8) is 0 Å². The number of carbonyl (C=O) groups excluding carboxylic acids is 2. The molecule has 0 heterocycles. The number of hydrogen-bond acceptors (Lipinski definition) is 3. The molecule has 0 saturated heterocycles. The number of allylic oxidation sites excluding steroid dienone is 12. The molecule has 0 fully saturated rings. The predicted octanol–water partition coefficient (Wildman–Crippen LogP) is 7.06. The Balaban J connectivity index is 2.06. The molecule has 0 bridgehead atoms. The molecular formula is C32H44N2O3. The minimum Gasteiger partial charge on any atom is -0.507 e. The number of phenolic OH excluding ortho intramolecular Hbond substituents is 1. The first-order chi connectivity index (χ1) is 18.1. The highest BCUT2D eigenvalue weighted by atomic mass is 16.3. The molecule has 2 amide bonds. The van der Waals surface area contributed by atoms with E-state index in [0.717, 1.165) is 38.5 Å². The second-order valence-electron chi connectivity index (χ2n) is 8.54. The Kier molecular flexibility index (Phi) is 18.4. The Bertz CT molecular complexity index is 955. The minimum atomic E-state index is -0.350. The SMILES string of the molecule is CC/C=C\C/C=C\C/C=C\C/C=C\C/C=C\C/C=C\CCC(=O)N(C)CCNC(=O)c1ccccc1O. The number of hydrogen-bond donors (Lipinski definition) is 2. The Morgan fingerprint density at radius 3 is 1.78 bits per heavy atom. The van der Waals surface area contributed by atoms with Crippen LogP contribution in [0.3, 0.4) is 0 Å². The van der Waals surface area contributed by atoms with E-state index in [1.54, 1.807) is 30.1 Å². The van der Waals surface area contributed by atoms with E-state index in [4.69, 9.17) is 0 Å². The summed E-state index contributed by atoms with van der Waals surface area (Å²) in [6.07, 6.45) is 32.9. The maximum atomic E-state index is 12.2. The zero-order valence-electron chi connectivity index (χ0n) is 22.5. The van der Waals surface area contributed by atoms with Crippen LogP contribution in [-0.4, -0.2) is 42.0 Å². The fraction of sp³-hybridized carbons (Fsp3) is 0.375. The number of nitrogens with one attached hydrogen (secondary N) is 1. The molecule has 0 spiro atoms. The average Bonchev–Trinajstić information content (AvgIpc) is 2.90. The summed E-state index contributed by atoms with van der Waals surface area (Å²) in [5.41, 5.74) is 0.231. The van der Waals surface area contributed by atoms with Gasteiger partial charge < -0.3 is 15.3 Å². The van der Waals surface area contributed by atoms with Crippen molar-refractivity contribution < 1.29 is 14.7 Å². The van der Waals surface area contributed by atoms with Gasteiger partial charge in [0.05, 0.1) is 5.56 Å². The van der Waals surface area contributed by atoms with Gasteiger partial charge in [0.25, 0.3) is 5.91 Å². The first kappa shape index (κ1) is 31.4. The average molecular weight is 505 g/mol. The first-order valence-electron chi connectivity index (χ1n) is 13.3. The number of para-hydroxylation sites is 1. The molecule has 0 aliphatic carbocycles. The van der Waals surface area contributed by atoms with Gasteiger partial charge >= 0.3 is 0 Å². The van der Waals surface area contributed by atoms with Crippen LogP contribution in [0.2, 0.25) is 0 Å². The van der Waals surface area contributed by atoms with Crippen molar-refractivity contribution in [1.82, 2.24) is 10.2 Å². The van der Waals surface area contributed by atoms with Gasteiger partial charge in [-0.15, -0.1) is 0 Å². The number of rotatable bonds is 18. The predicted molar refractivity (Wildman–Crippen MR) is 156 cm³/mol. The Labute approximate surface area is 223 Å². The van der Waals surface area contributed by atoms with Gasteiger partial charge in [0.1, 0.15) is 5.75 Å². The van der Waals surface area contributed by atoms with Crippen LogP contribution in [-0.2, 0) is 4.79 Å². The Morgan fingerprint density at radius 2 is 1.27 bits per heavy atom. The Hall–Kier alpha value is -3.60. The molecule has 0 atom stereocenters. The van der Waals surface area contributed by atoms with E-state index >= 15 is 0 Å². The summed E-state index contributed by atoms with van der Waals surface area (Å²) in [6.45, 7) is 2.89. The van der Waals surface area contributed by atoms with Crippen molar-refractivity contribution in [3.8, 4) is 5.75 Å². The van der Waals surface area contributed by atoms with Gasteiger partial charge in [-0.2, -0.15) is 0 Å². The quantitative estimate of drug-likeness (QED) is 0.210. The van der Waals surface area contributed by atoms with Gasteiger partial charge in [-0.3, -0.25) is 9.59 Å². The smallest absolute Gasteiger partial charge is 0.255 e. The van der Waals surface area contributed by atoms with Crippen LogP contribution in [0.15, 0.2) is 97.2 Å². The van der Waals surface area contributed by atoms with Gasteiger partial charge in [0, 0.05) is 26.6 Å². The number of aromatic hydroxyl groups is 1. The van der Waals surface area contributed by atoms with Crippen molar-refractivity contribution in [2.75, 3.05) is 20.1 Å². The molecule has 200 valence electrons. The highest BCUT2D eigenvalue weighted by Gasteiger charge is 2.11. The zero-order valence-corrected chi connectivity index (χ0v) is 22.5. The number of nitrogens with zero attached hydrogens (tertiary/aromatic N) is 1. The summed E-state index contributed by atoms with van der Waals surface area (Å²) in [5.74, 6) is -0.367. The fourth-order valence-corrected chi connectivity index (χ4v) is 3.26. The van der Waals surface area contributed by atoms with Crippen LogP contribution in [0.25, 0.3) is 0 Å². The summed E-state index contributed by atoms with van der Waals surface area (Å²) in [5, 5.41) is 12.4. The van der Waals surface area contributed by atoms with Gasteiger partial charge in [-0.25, -0.2) is 0 Å². The lowest BCUT2D eigenvalue weighted by Gasteiger charge is -2.17. The number of benzene rings is 1. The maximum absolute atomic E-state index is 12.2. The van der Waals surface area contributed by atoms with E-state index in [-0.39, 0.29) is 23.1 Å². The maximum Gasteiger partial charge on any atom is 0.255 e. The third-order valence-corrected chi connectivity index (χ3v) is 5.43. The van der Waals surface area contributed by atoms with Crippen LogP contribution in [0.1, 0.15) is 68.6 Å². The molecule has 5 heteroatoms. The van der Waals surface area contributed by atoms with Gasteiger partial charge in [-0.1, -0.05) is 92.0 Å². The van der Waals surface area contributed by atoms with E-state index < -0.39 is 0 Å². The number of carbonyl (C=O) groups is 2. The molecule has 0 unspecified atom stereocenters. The molecule has 1 rings (SSSR count). The van der Waals surface area contributed by atoms with E-state index in [9.17, 15) is 14.7 Å². The minimum absolute atomic E-state index is 0.0383. The van der Waals surface area contributed by atoms with Crippen molar-refractivity contribution in [1.29, 1.82) is 0 Å². The lowest BCUT2D eigenvalue weighted by atomic mass is 10.2. The number of likely N-dealkylation sites (N-methyl/N-ethyl adjacent to an activating group) is 1. The van der Waals surface area contributed by atoms with Crippen LogP contribution in [0, 0.1) is 0 Å². The van der Waals surface area contributed by atoms with Gasteiger partial charge in [0.2, 0.25) is 5.91 Å². The molecule has 1 aromatic carbocycles. The molecule has 0 aliphatic rings. The summed E-state index contributed by atoms with van der Waals surface area (Å²) in [4.78, 5) is 25.9. The zero-order chi connectivity index (χ0) is 27.0.